The van der Waals surface area contributed by atoms with Crippen LogP contribution in [0.4, 0.5) is 5.69 Å². The second-order valence-electron chi connectivity index (χ2n) is 6.65. The number of aryl methyl sites for hydroxylation is 1. The van der Waals surface area contributed by atoms with Crippen molar-refractivity contribution in [3.05, 3.63) is 94.5 Å². The van der Waals surface area contributed by atoms with Crippen molar-refractivity contribution in [2.45, 2.75) is 18.4 Å². The van der Waals surface area contributed by atoms with Crippen molar-refractivity contribution in [3.8, 4) is 0 Å². The van der Waals surface area contributed by atoms with Gasteiger partial charge >= 0.3 is 0 Å². The Bertz CT molecular complexity index is 1150. The minimum atomic E-state index is -3.80. The summed E-state index contributed by atoms with van der Waals surface area (Å²) in [5.74, 6) is -0.361. The molecule has 0 bridgehead atoms. The van der Waals surface area contributed by atoms with Gasteiger partial charge < -0.3 is 5.32 Å². The maximum Gasteiger partial charge on any atom is 0.264 e. The zero-order chi connectivity index (χ0) is 21.0. The van der Waals surface area contributed by atoms with Crippen LogP contribution in [-0.2, 0) is 16.6 Å². The van der Waals surface area contributed by atoms with E-state index in [4.69, 9.17) is 11.6 Å². The van der Waals surface area contributed by atoms with Crippen LogP contribution in [0.3, 0.4) is 0 Å². The van der Waals surface area contributed by atoms with Gasteiger partial charge in [-0.15, -0.1) is 0 Å². The molecule has 150 valence electrons. The SMILES string of the molecule is Cc1cccc(N(C)S(=O)(=O)c2cccc(C(=O)NCc3cccc(Cl)c3)c2)c1. The monoisotopic (exact) mass is 428 g/mol. The molecule has 1 N–H and O–H groups in total. The fourth-order valence-corrected chi connectivity index (χ4v) is 4.30. The minimum Gasteiger partial charge on any atom is -0.348 e. The number of halogens is 1. The molecular weight excluding hydrogens is 408 g/mol. The number of carbonyl (C=O) groups excluding carboxylic acids is 1. The smallest absolute Gasteiger partial charge is 0.264 e. The van der Waals surface area contributed by atoms with Gasteiger partial charge in [-0.25, -0.2) is 8.42 Å². The molecule has 0 heterocycles. The maximum absolute atomic E-state index is 13.0. The number of anilines is 1. The lowest BCUT2D eigenvalue weighted by molar-refractivity contribution is 0.0950. The summed E-state index contributed by atoms with van der Waals surface area (Å²) < 4.78 is 27.2. The molecule has 3 rings (SSSR count). The van der Waals surface area contributed by atoms with Gasteiger partial charge in [0.1, 0.15) is 0 Å². The van der Waals surface area contributed by atoms with Gasteiger partial charge in [0.2, 0.25) is 0 Å². The number of sulfonamides is 1. The van der Waals surface area contributed by atoms with E-state index in [1.165, 1.54) is 23.5 Å². The number of nitrogens with zero attached hydrogens (tertiary/aromatic N) is 1. The molecule has 0 saturated heterocycles. The molecule has 0 unspecified atom stereocenters. The van der Waals surface area contributed by atoms with Crippen LogP contribution in [0.15, 0.2) is 77.7 Å². The van der Waals surface area contributed by atoms with Crippen LogP contribution in [0.2, 0.25) is 5.02 Å². The van der Waals surface area contributed by atoms with Gasteiger partial charge in [-0.2, -0.15) is 0 Å². The third-order valence-electron chi connectivity index (χ3n) is 4.46. The molecule has 0 spiro atoms. The summed E-state index contributed by atoms with van der Waals surface area (Å²) in [5, 5.41) is 3.37. The lowest BCUT2D eigenvalue weighted by Crippen LogP contribution is -2.27. The molecule has 0 aliphatic carbocycles. The summed E-state index contributed by atoms with van der Waals surface area (Å²) in [6.07, 6.45) is 0. The highest BCUT2D eigenvalue weighted by molar-refractivity contribution is 7.92. The molecule has 0 fully saturated rings. The lowest BCUT2D eigenvalue weighted by Gasteiger charge is -2.20. The lowest BCUT2D eigenvalue weighted by atomic mass is 10.2. The molecule has 0 aliphatic heterocycles. The topological polar surface area (TPSA) is 66.5 Å². The zero-order valence-electron chi connectivity index (χ0n) is 16.1. The summed E-state index contributed by atoms with van der Waals surface area (Å²) in [7, 11) is -2.31. The van der Waals surface area contributed by atoms with Crippen LogP contribution in [0.5, 0.6) is 0 Å². The van der Waals surface area contributed by atoms with Crippen LogP contribution < -0.4 is 9.62 Å². The summed E-state index contributed by atoms with van der Waals surface area (Å²) in [4.78, 5) is 12.6. The quantitative estimate of drug-likeness (QED) is 0.632. The molecular formula is C22H21ClN2O3S. The molecule has 29 heavy (non-hydrogen) atoms. The number of rotatable bonds is 6. The van der Waals surface area contributed by atoms with Crippen LogP contribution in [-0.4, -0.2) is 21.4 Å². The highest BCUT2D eigenvalue weighted by atomic mass is 35.5. The predicted molar refractivity (Wildman–Crippen MR) is 116 cm³/mol. The number of amides is 1. The Kier molecular flexibility index (Phi) is 6.25. The van der Waals surface area contributed by atoms with Gasteiger partial charge in [0.05, 0.1) is 10.6 Å². The molecule has 0 radical (unpaired) electrons. The van der Waals surface area contributed by atoms with Crippen molar-refractivity contribution in [2.24, 2.45) is 0 Å². The molecule has 0 saturated carbocycles. The second kappa shape index (κ2) is 8.68. The van der Waals surface area contributed by atoms with Gasteiger partial charge in [-0.05, 0) is 60.5 Å². The van der Waals surface area contributed by atoms with E-state index in [-0.39, 0.29) is 16.4 Å². The number of hydrogen-bond acceptors (Lipinski definition) is 3. The summed E-state index contributed by atoms with van der Waals surface area (Å²) >= 11 is 5.95. The first kappa shape index (κ1) is 20.9. The van der Waals surface area contributed by atoms with Gasteiger partial charge in [-0.1, -0.05) is 41.9 Å². The van der Waals surface area contributed by atoms with E-state index >= 15 is 0 Å². The first-order valence-electron chi connectivity index (χ1n) is 8.96. The van der Waals surface area contributed by atoms with Crippen LogP contribution in [0.1, 0.15) is 21.5 Å². The highest BCUT2D eigenvalue weighted by Gasteiger charge is 2.22. The van der Waals surface area contributed by atoms with Crippen molar-refractivity contribution in [2.75, 3.05) is 11.4 Å². The Labute approximate surface area is 176 Å². The molecule has 0 atom stereocenters. The normalized spacial score (nSPS) is 11.1. The van der Waals surface area contributed by atoms with Gasteiger partial charge in [-0.3, -0.25) is 9.10 Å². The molecule has 3 aromatic carbocycles. The van der Waals surface area contributed by atoms with Crippen molar-refractivity contribution in [1.82, 2.24) is 5.32 Å². The molecule has 1 amide bonds. The first-order valence-corrected chi connectivity index (χ1v) is 10.8. The van der Waals surface area contributed by atoms with Gasteiger partial charge in [0, 0.05) is 24.2 Å². The number of benzene rings is 3. The second-order valence-corrected chi connectivity index (χ2v) is 9.06. The van der Waals surface area contributed by atoms with E-state index in [0.29, 0.717) is 17.3 Å². The van der Waals surface area contributed by atoms with Crippen molar-refractivity contribution < 1.29 is 13.2 Å². The first-order chi connectivity index (χ1) is 13.8. The largest absolute Gasteiger partial charge is 0.348 e. The Morgan fingerprint density at radius 3 is 2.45 bits per heavy atom. The van der Waals surface area contributed by atoms with E-state index in [1.807, 2.05) is 19.1 Å². The highest BCUT2D eigenvalue weighted by Crippen LogP contribution is 2.23. The molecule has 5 nitrogen and oxygen atoms in total. The van der Waals surface area contributed by atoms with Gasteiger partial charge in [0.25, 0.3) is 15.9 Å². The molecule has 0 aromatic heterocycles. The summed E-state index contributed by atoms with van der Waals surface area (Å²) in [6, 6.07) is 20.4. The predicted octanol–water partition coefficient (Wildman–Crippen LogP) is 4.40. The van der Waals surface area contributed by atoms with Crippen LogP contribution in [0, 0.1) is 6.92 Å². The Balaban J connectivity index is 1.79. The number of hydrogen-bond donors (Lipinski definition) is 1. The fraction of sp³-hybridized carbons (Fsp3) is 0.136. The average Bonchev–Trinajstić information content (AvgIpc) is 2.71. The standard InChI is InChI=1S/C22H21ClN2O3S/c1-16-6-3-10-20(12-16)25(2)29(27,28)21-11-5-8-18(14-21)22(26)24-15-17-7-4-9-19(23)13-17/h3-14H,15H2,1-2H3,(H,24,26). The van der Waals surface area contributed by atoms with E-state index in [2.05, 4.69) is 5.32 Å². The summed E-state index contributed by atoms with van der Waals surface area (Å²) in [6.45, 7) is 2.19. The fourth-order valence-electron chi connectivity index (χ4n) is 2.85. The minimum absolute atomic E-state index is 0.0527. The third-order valence-corrected chi connectivity index (χ3v) is 6.48. The zero-order valence-corrected chi connectivity index (χ0v) is 17.7. The number of nitrogens with one attached hydrogen (secondary N) is 1. The van der Waals surface area contributed by atoms with Gasteiger partial charge in [0.15, 0.2) is 0 Å². The Morgan fingerprint density at radius 2 is 1.72 bits per heavy atom. The van der Waals surface area contributed by atoms with Crippen molar-refractivity contribution in [1.29, 1.82) is 0 Å². The van der Waals surface area contributed by atoms with Crippen LogP contribution >= 0.6 is 11.6 Å². The van der Waals surface area contributed by atoms with E-state index < -0.39 is 10.0 Å². The molecule has 0 aliphatic rings. The van der Waals surface area contributed by atoms with E-state index in [0.717, 1.165) is 11.1 Å². The molecule has 7 heteroatoms. The summed E-state index contributed by atoms with van der Waals surface area (Å²) in [5.41, 5.74) is 2.64. The van der Waals surface area contributed by atoms with Crippen molar-refractivity contribution in [3.63, 3.8) is 0 Å². The Hall–Kier alpha value is -2.83. The van der Waals surface area contributed by atoms with E-state index in [1.54, 1.807) is 48.5 Å². The van der Waals surface area contributed by atoms with Crippen molar-refractivity contribution >= 4 is 33.2 Å². The third kappa shape index (κ3) is 4.96. The average molecular weight is 429 g/mol. The number of carbonyl (C=O) groups is 1. The van der Waals surface area contributed by atoms with E-state index in [9.17, 15) is 13.2 Å². The maximum atomic E-state index is 13.0. The van der Waals surface area contributed by atoms with Crippen LogP contribution in [0.25, 0.3) is 0 Å². The molecule has 3 aromatic rings. The Morgan fingerprint density at radius 1 is 1.00 bits per heavy atom.